The van der Waals surface area contributed by atoms with Crippen molar-refractivity contribution in [1.82, 2.24) is 14.8 Å². The standard InChI is InChI=1S/C23H19N5O2/c1-16-9-8-12-18(15-16)21(30)25-23-26-22(24-20(29)17-10-4-2-5-11-17)27-28(23)19-13-6-3-7-14-19/h2-15H,1H3,(H2,24,25,26,27,29,30). The highest BCUT2D eigenvalue weighted by Gasteiger charge is 2.17. The van der Waals surface area contributed by atoms with Crippen LogP contribution >= 0.6 is 0 Å². The third-order valence-corrected chi connectivity index (χ3v) is 4.37. The maximum Gasteiger partial charge on any atom is 0.258 e. The molecule has 0 fully saturated rings. The first-order chi connectivity index (χ1) is 14.6. The first-order valence-corrected chi connectivity index (χ1v) is 9.37. The summed E-state index contributed by atoms with van der Waals surface area (Å²) in [7, 11) is 0. The van der Waals surface area contributed by atoms with Gasteiger partial charge in [-0.3, -0.25) is 20.2 Å². The summed E-state index contributed by atoms with van der Waals surface area (Å²) in [4.78, 5) is 29.5. The molecule has 0 bridgehead atoms. The zero-order valence-electron chi connectivity index (χ0n) is 16.2. The van der Waals surface area contributed by atoms with Gasteiger partial charge in [0.2, 0.25) is 5.95 Å². The van der Waals surface area contributed by atoms with Crippen LogP contribution in [0.5, 0.6) is 0 Å². The number of amides is 2. The molecule has 1 heterocycles. The van der Waals surface area contributed by atoms with Gasteiger partial charge in [0.15, 0.2) is 0 Å². The lowest BCUT2D eigenvalue weighted by Crippen LogP contribution is -2.16. The average molecular weight is 397 g/mol. The Morgan fingerprint density at radius 1 is 0.767 bits per heavy atom. The summed E-state index contributed by atoms with van der Waals surface area (Å²) in [5.41, 5.74) is 2.67. The molecular weight excluding hydrogens is 378 g/mol. The number of aryl methyl sites for hydroxylation is 1. The number of anilines is 2. The molecule has 0 radical (unpaired) electrons. The van der Waals surface area contributed by atoms with Crippen LogP contribution in [0.25, 0.3) is 5.69 Å². The van der Waals surface area contributed by atoms with Crippen LogP contribution in [0.2, 0.25) is 0 Å². The summed E-state index contributed by atoms with van der Waals surface area (Å²) in [5, 5.41) is 9.83. The fourth-order valence-electron chi connectivity index (χ4n) is 2.92. The van der Waals surface area contributed by atoms with E-state index in [0.29, 0.717) is 16.8 Å². The van der Waals surface area contributed by atoms with Crippen LogP contribution in [0.15, 0.2) is 84.9 Å². The second-order valence-electron chi connectivity index (χ2n) is 6.65. The number of para-hydroxylation sites is 1. The number of carbonyl (C=O) groups excluding carboxylic acids is 2. The Morgan fingerprint density at radius 3 is 2.10 bits per heavy atom. The van der Waals surface area contributed by atoms with Crippen molar-refractivity contribution >= 4 is 23.7 Å². The Labute approximate surface area is 173 Å². The first kappa shape index (κ1) is 19.1. The molecule has 2 amide bonds. The normalized spacial score (nSPS) is 10.4. The first-order valence-electron chi connectivity index (χ1n) is 9.37. The third-order valence-electron chi connectivity index (χ3n) is 4.37. The van der Waals surface area contributed by atoms with Gasteiger partial charge >= 0.3 is 0 Å². The van der Waals surface area contributed by atoms with Gasteiger partial charge in [-0.05, 0) is 43.3 Å². The highest BCUT2D eigenvalue weighted by Crippen LogP contribution is 2.18. The molecule has 0 spiro atoms. The van der Waals surface area contributed by atoms with Gasteiger partial charge in [0, 0.05) is 11.1 Å². The maximum atomic E-state index is 12.7. The molecule has 4 aromatic rings. The molecule has 0 atom stereocenters. The van der Waals surface area contributed by atoms with Gasteiger partial charge in [0.1, 0.15) is 0 Å². The van der Waals surface area contributed by atoms with Crippen LogP contribution in [0, 0.1) is 6.92 Å². The number of benzene rings is 3. The minimum absolute atomic E-state index is 0.0900. The Kier molecular flexibility index (Phi) is 5.34. The highest BCUT2D eigenvalue weighted by atomic mass is 16.2. The molecule has 148 valence electrons. The van der Waals surface area contributed by atoms with Gasteiger partial charge in [-0.15, -0.1) is 5.10 Å². The quantitative estimate of drug-likeness (QED) is 0.531. The number of rotatable bonds is 5. The monoisotopic (exact) mass is 397 g/mol. The largest absolute Gasteiger partial charge is 0.290 e. The van der Waals surface area contributed by atoms with Gasteiger partial charge in [-0.25, -0.2) is 0 Å². The lowest BCUT2D eigenvalue weighted by atomic mass is 10.1. The van der Waals surface area contributed by atoms with Crippen molar-refractivity contribution in [1.29, 1.82) is 0 Å². The van der Waals surface area contributed by atoms with E-state index in [1.54, 1.807) is 36.4 Å². The summed E-state index contributed by atoms with van der Waals surface area (Å²) in [6.07, 6.45) is 0. The number of hydrogen-bond acceptors (Lipinski definition) is 4. The van der Waals surface area contributed by atoms with Crippen LogP contribution in [0.4, 0.5) is 11.9 Å². The van der Waals surface area contributed by atoms with E-state index in [2.05, 4.69) is 20.7 Å². The molecule has 4 rings (SSSR count). The molecule has 0 aliphatic rings. The Hall–Kier alpha value is -4.26. The molecule has 0 aliphatic heterocycles. The Morgan fingerprint density at radius 2 is 1.40 bits per heavy atom. The zero-order chi connectivity index (χ0) is 20.9. The minimum Gasteiger partial charge on any atom is -0.290 e. The van der Waals surface area contributed by atoms with Crippen LogP contribution in [0.1, 0.15) is 26.3 Å². The smallest absolute Gasteiger partial charge is 0.258 e. The topological polar surface area (TPSA) is 88.9 Å². The molecule has 0 saturated carbocycles. The number of hydrogen-bond donors (Lipinski definition) is 2. The van der Waals surface area contributed by atoms with Crippen molar-refractivity contribution in [2.75, 3.05) is 10.6 Å². The summed E-state index contributed by atoms with van der Waals surface area (Å²) in [6.45, 7) is 1.92. The second-order valence-corrected chi connectivity index (χ2v) is 6.65. The average Bonchev–Trinajstić information content (AvgIpc) is 3.17. The highest BCUT2D eigenvalue weighted by molar-refractivity contribution is 6.05. The van der Waals surface area contributed by atoms with E-state index in [4.69, 9.17) is 0 Å². The fraction of sp³-hybridized carbons (Fsp3) is 0.0435. The van der Waals surface area contributed by atoms with E-state index < -0.39 is 0 Å². The van der Waals surface area contributed by atoms with Crippen molar-refractivity contribution in [2.24, 2.45) is 0 Å². The molecule has 0 saturated heterocycles. The van der Waals surface area contributed by atoms with Gasteiger partial charge in [-0.2, -0.15) is 9.67 Å². The third kappa shape index (κ3) is 4.25. The molecule has 30 heavy (non-hydrogen) atoms. The Bertz CT molecular complexity index is 1190. The lowest BCUT2D eigenvalue weighted by Gasteiger charge is -2.07. The molecule has 1 aromatic heterocycles. The van der Waals surface area contributed by atoms with Crippen LogP contribution in [-0.2, 0) is 0 Å². The SMILES string of the molecule is Cc1cccc(C(=O)Nc2nc(NC(=O)c3ccccc3)nn2-c2ccccc2)c1. The Balaban J connectivity index is 1.64. The van der Waals surface area contributed by atoms with E-state index in [0.717, 1.165) is 5.56 Å². The van der Waals surface area contributed by atoms with Crippen LogP contribution < -0.4 is 10.6 Å². The van der Waals surface area contributed by atoms with E-state index in [-0.39, 0.29) is 23.7 Å². The van der Waals surface area contributed by atoms with Gasteiger partial charge in [0.25, 0.3) is 17.8 Å². The van der Waals surface area contributed by atoms with Crippen molar-refractivity contribution in [3.05, 3.63) is 102 Å². The zero-order valence-corrected chi connectivity index (χ0v) is 16.2. The molecule has 0 unspecified atom stereocenters. The minimum atomic E-state index is -0.336. The number of carbonyl (C=O) groups is 2. The summed E-state index contributed by atoms with van der Waals surface area (Å²) >= 11 is 0. The summed E-state index contributed by atoms with van der Waals surface area (Å²) < 4.78 is 1.48. The predicted octanol–water partition coefficient (Wildman–Crippen LogP) is 4.08. The summed E-state index contributed by atoms with van der Waals surface area (Å²) in [6, 6.07) is 25.3. The number of aromatic nitrogens is 3. The molecule has 7 nitrogen and oxygen atoms in total. The van der Waals surface area contributed by atoms with Crippen LogP contribution in [-0.4, -0.2) is 26.6 Å². The molecule has 0 aliphatic carbocycles. The van der Waals surface area contributed by atoms with E-state index >= 15 is 0 Å². The van der Waals surface area contributed by atoms with Crippen molar-refractivity contribution in [3.8, 4) is 5.69 Å². The predicted molar refractivity (Wildman–Crippen MR) is 115 cm³/mol. The number of nitrogens with one attached hydrogen (secondary N) is 2. The summed E-state index contributed by atoms with van der Waals surface area (Å²) in [5.74, 6) is -0.357. The lowest BCUT2D eigenvalue weighted by molar-refractivity contribution is 0.101. The maximum absolute atomic E-state index is 12.7. The van der Waals surface area contributed by atoms with Crippen molar-refractivity contribution < 1.29 is 9.59 Å². The second kappa shape index (κ2) is 8.40. The van der Waals surface area contributed by atoms with Gasteiger partial charge in [-0.1, -0.05) is 54.1 Å². The fourth-order valence-corrected chi connectivity index (χ4v) is 2.92. The van der Waals surface area contributed by atoms with E-state index in [1.165, 1.54) is 4.68 Å². The number of nitrogens with zero attached hydrogens (tertiary/aromatic N) is 3. The van der Waals surface area contributed by atoms with Gasteiger partial charge in [0.05, 0.1) is 5.69 Å². The molecule has 3 aromatic carbocycles. The molecular formula is C23H19N5O2. The van der Waals surface area contributed by atoms with Crippen molar-refractivity contribution in [3.63, 3.8) is 0 Å². The van der Waals surface area contributed by atoms with Crippen LogP contribution in [0.3, 0.4) is 0 Å². The van der Waals surface area contributed by atoms with Crippen molar-refractivity contribution in [2.45, 2.75) is 6.92 Å². The van der Waals surface area contributed by atoms with E-state index in [1.807, 2.05) is 55.5 Å². The van der Waals surface area contributed by atoms with E-state index in [9.17, 15) is 9.59 Å². The molecule has 2 N–H and O–H groups in total. The molecule has 7 heteroatoms. The van der Waals surface area contributed by atoms with Gasteiger partial charge < -0.3 is 0 Å².